The van der Waals surface area contributed by atoms with Gasteiger partial charge in [-0.3, -0.25) is 14.6 Å². The summed E-state index contributed by atoms with van der Waals surface area (Å²) in [6.07, 6.45) is 3.76. The molecular weight excluding hydrogens is 294 g/mol. The van der Waals surface area contributed by atoms with E-state index in [0.29, 0.717) is 25.3 Å². The minimum Gasteiger partial charge on any atom is -0.377 e. The number of ether oxygens (including phenoxy) is 1. The highest BCUT2D eigenvalue weighted by Crippen LogP contribution is 2.19. The predicted octanol–water partition coefficient (Wildman–Crippen LogP) is 1.10. The Morgan fingerprint density at radius 1 is 1.57 bits per heavy atom. The molecule has 1 saturated heterocycles. The summed E-state index contributed by atoms with van der Waals surface area (Å²) in [6, 6.07) is 0.934. The lowest BCUT2D eigenvalue weighted by molar-refractivity contribution is -0.130. The zero-order valence-electron chi connectivity index (χ0n) is 11.8. The van der Waals surface area contributed by atoms with E-state index in [-0.39, 0.29) is 23.4 Å². The van der Waals surface area contributed by atoms with Crippen LogP contribution in [0.25, 0.3) is 0 Å². The number of pyridine rings is 1. The van der Waals surface area contributed by atoms with Crippen molar-refractivity contribution in [2.24, 2.45) is 0 Å². The highest BCUT2D eigenvalue weighted by Gasteiger charge is 2.33. The molecule has 1 atom stereocenters. The molecule has 1 fully saturated rings. The van der Waals surface area contributed by atoms with Crippen LogP contribution in [0.1, 0.15) is 23.7 Å². The van der Waals surface area contributed by atoms with Crippen LogP contribution < -0.4 is 5.32 Å². The van der Waals surface area contributed by atoms with Crippen LogP contribution in [0.5, 0.6) is 0 Å². The lowest BCUT2D eigenvalue weighted by atomic mass is 10.1. The largest absolute Gasteiger partial charge is 0.377 e. The van der Waals surface area contributed by atoms with E-state index >= 15 is 0 Å². The number of nitrogens with one attached hydrogen (secondary N) is 1. The summed E-state index contributed by atoms with van der Waals surface area (Å²) < 4.78 is 5.33. The van der Waals surface area contributed by atoms with Crippen LogP contribution in [0.4, 0.5) is 0 Å². The second-order valence-electron chi connectivity index (χ2n) is 4.74. The van der Waals surface area contributed by atoms with Gasteiger partial charge in [0.05, 0.1) is 23.8 Å². The van der Waals surface area contributed by atoms with E-state index in [9.17, 15) is 9.59 Å². The van der Waals surface area contributed by atoms with E-state index in [1.165, 1.54) is 17.3 Å². The summed E-state index contributed by atoms with van der Waals surface area (Å²) in [4.78, 5) is 30.1. The summed E-state index contributed by atoms with van der Waals surface area (Å²) in [7, 11) is 0. The van der Waals surface area contributed by atoms with Gasteiger partial charge in [-0.2, -0.15) is 0 Å². The molecule has 1 aromatic rings. The van der Waals surface area contributed by atoms with Crippen LogP contribution >= 0.6 is 11.6 Å². The Hall–Kier alpha value is -1.66. The fourth-order valence-electron chi connectivity index (χ4n) is 2.13. The lowest BCUT2D eigenvalue weighted by Gasteiger charge is -2.34. The van der Waals surface area contributed by atoms with Crippen molar-refractivity contribution in [1.82, 2.24) is 15.2 Å². The monoisotopic (exact) mass is 311 g/mol. The van der Waals surface area contributed by atoms with Crippen molar-refractivity contribution in [3.8, 4) is 0 Å². The quantitative estimate of drug-likeness (QED) is 0.904. The van der Waals surface area contributed by atoms with Crippen molar-refractivity contribution >= 4 is 23.4 Å². The number of amides is 2. The van der Waals surface area contributed by atoms with Gasteiger partial charge in [0.25, 0.3) is 5.91 Å². The highest BCUT2D eigenvalue weighted by molar-refractivity contribution is 6.33. The van der Waals surface area contributed by atoms with Gasteiger partial charge in [-0.15, -0.1) is 0 Å². The van der Waals surface area contributed by atoms with E-state index in [4.69, 9.17) is 16.3 Å². The lowest BCUT2D eigenvalue weighted by Crippen LogP contribution is -2.56. The molecule has 1 aromatic heterocycles. The van der Waals surface area contributed by atoms with Gasteiger partial charge in [-0.1, -0.05) is 18.5 Å². The van der Waals surface area contributed by atoms with E-state index in [1.54, 1.807) is 6.07 Å². The van der Waals surface area contributed by atoms with Crippen molar-refractivity contribution in [2.45, 2.75) is 19.4 Å². The van der Waals surface area contributed by atoms with Gasteiger partial charge in [0.2, 0.25) is 5.91 Å². The maximum atomic E-state index is 12.6. The topological polar surface area (TPSA) is 71.5 Å². The first kappa shape index (κ1) is 15.7. The van der Waals surface area contributed by atoms with Gasteiger partial charge in [-0.05, 0) is 12.5 Å². The van der Waals surface area contributed by atoms with Crippen LogP contribution in [-0.4, -0.2) is 54.0 Å². The van der Waals surface area contributed by atoms with Gasteiger partial charge >= 0.3 is 0 Å². The van der Waals surface area contributed by atoms with Crippen LogP contribution in [0, 0.1) is 0 Å². The van der Waals surface area contributed by atoms with Crippen molar-refractivity contribution in [2.75, 3.05) is 26.3 Å². The predicted molar refractivity (Wildman–Crippen MR) is 78.2 cm³/mol. The number of morpholine rings is 1. The standard InChI is InChI=1S/C14H18ClN3O3/c1-2-4-17-13(19)12-9-21-7-6-18(12)14(20)10-3-5-16-8-11(10)15/h3,5,8,12H,2,4,6-7,9H2,1H3,(H,17,19). The van der Waals surface area contributed by atoms with Crippen molar-refractivity contribution in [3.05, 3.63) is 29.0 Å². The fraction of sp³-hybridized carbons (Fsp3) is 0.500. The number of halogens is 1. The average molecular weight is 312 g/mol. The van der Waals surface area contributed by atoms with Gasteiger partial charge in [0.1, 0.15) is 6.04 Å². The van der Waals surface area contributed by atoms with Crippen LogP contribution in [-0.2, 0) is 9.53 Å². The Morgan fingerprint density at radius 3 is 3.10 bits per heavy atom. The molecule has 0 saturated carbocycles. The maximum Gasteiger partial charge on any atom is 0.256 e. The van der Waals surface area contributed by atoms with Gasteiger partial charge in [0.15, 0.2) is 0 Å². The number of aromatic nitrogens is 1. The molecule has 114 valence electrons. The minimum absolute atomic E-state index is 0.198. The zero-order chi connectivity index (χ0) is 15.2. The SMILES string of the molecule is CCCNC(=O)C1COCCN1C(=O)c1ccncc1Cl. The number of hydrogen-bond acceptors (Lipinski definition) is 4. The van der Waals surface area contributed by atoms with Crippen molar-refractivity contribution in [1.29, 1.82) is 0 Å². The second kappa shape index (κ2) is 7.38. The Balaban J connectivity index is 2.16. The summed E-state index contributed by atoms with van der Waals surface area (Å²) in [5.74, 6) is -0.475. The minimum atomic E-state index is -0.623. The molecule has 21 heavy (non-hydrogen) atoms. The Bertz CT molecular complexity index is 524. The third-order valence-electron chi connectivity index (χ3n) is 3.24. The fourth-order valence-corrected chi connectivity index (χ4v) is 2.33. The number of carbonyl (C=O) groups is 2. The van der Waals surface area contributed by atoms with Crippen molar-refractivity contribution in [3.63, 3.8) is 0 Å². The smallest absolute Gasteiger partial charge is 0.256 e. The van der Waals surface area contributed by atoms with Crippen LogP contribution in [0.15, 0.2) is 18.5 Å². The molecule has 6 nitrogen and oxygen atoms in total. The van der Waals surface area contributed by atoms with Gasteiger partial charge in [-0.25, -0.2) is 0 Å². The normalized spacial score (nSPS) is 18.4. The molecule has 0 aromatic carbocycles. The molecule has 1 aliphatic rings. The molecule has 2 rings (SSSR count). The molecule has 0 aliphatic carbocycles. The molecule has 0 bridgehead atoms. The number of rotatable bonds is 4. The molecule has 0 radical (unpaired) electrons. The number of carbonyl (C=O) groups excluding carboxylic acids is 2. The van der Waals surface area contributed by atoms with Gasteiger partial charge in [0, 0.05) is 25.5 Å². The van der Waals surface area contributed by atoms with E-state index in [2.05, 4.69) is 10.3 Å². The number of nitrogens with zero attached hydrogens (tertiary/aromatic N) is 2. The van der Waals surface area contributed by atoms with Crippen molar-refractivity contribution < 1.29 is 14.3 Å². The molecule has 0 spiro atoms. The average Bonchev–Trinajstić information content (AvgIpc) is 2.52. The summed E-state index contributed by atoms with van der Waals surface area (Å²) in [5, 5.41) is 3.07. The van der Waals surface area contributed by atoms with E-state index in [1.807, 2.05) is 6.92 Å². The highest BCUT2D eigenvalue weighted by atomic mass is 35.5. The Kier molecular flexibility index (Phi) is 5.52. The van der Waals surface area contributed by atoms with Crippen LogP contribution in [0.3, 0.4) is 0 Å². The van der Waals surface area contributed by atoms with E-state index in [0.717, 1.165) is 6.42 Å². The maximum absolute atomic E-state index is 12.6. The molecule has 2 heterocycles. The molecule has 1 unspecified atom stereocenters. The summed E-state index contributed by atoms with van der Waals surface area (Å²) in [5.41, 5.74) is 0.349. The second-order valence-corrected chi connectivity index (χ2v) is 5.14. The Labute approximate surface area is 128 Å². The summed E-state index contributed by atoms with van der Waals surface area (Å²) in [6.45, 7) is 3.52. The molecule has 7 heteroatoms. The molecule has 2 amide bonds. The van der Waals surface area contributed by atoms with Crippen LogP contribution in [0.2, 0.25) is 5.02 Å². The molecule has 1 N–H and O–H groups in total. The molecule has 1 aliphatic heterocycles. The first-order valence-electron chi connectivity index (χ1n) is 6.91. The first-order chi connectivity index (χ1) is 10.1. The number of hydrogen-bond donors (Lipinski definition) is 1. The summed E-state index contributed by atoms with van der Waals surface area (Å²) >= 11 is 6.01. The van der Waals surface area contributed by atoms with E-state index < -0.39 is 6.04 Å². The third-order valence-corrected chi connectivity index (χ3v) is 3.55. The third kappa shape index (κ3) is 3.71. The Morgan fingerprint density at radius 2 is 2.38 bits per heavy atom. The zero-order valence-corrected chi connectivity index (χ0v) is 12.6. The van der Waals surface area contributed by atoms with Gasteiger partial charge < -0.3 is 15.0 Å². The first-order valence-corrected chi connectivity index (χ1v) is 7.29. The molecular formula is C14H18ClN3O3.